The summed E-state index contributed by atoms with van der Waals surface area (Å²) in [4.78, 5) is 29.7. The van der Waals surface area contributed by atoms with Crippen LogP contribution < -0.4 is 5.43 Å². The number of carbonyl (C=O) groups is 1. The first kappa shape index (κ1) is 20.3. The number of aryl methyl sites for hydroxylation is 1. The third-order valence-electron chi connectivity index (χ3n) is 5.99. The zero-order valence-electron chi connectivity index (χ0n) is 17.7. The molecule has 3 aromatic rings. The third-order valence-corrected chi connectivity index (χ3v) is 5.99. The molecule has 0 aliphatic heterocycles. The molecule has 5 heteroatoms. The van der Waals surface area contributed by atoms with Crippen molar-refractivity contribution in [2.45, 2.75) is 58.4 Å². The summed E-state index contributed by atoms with van der Waals surface area (Å²) in [6.07, 6.45) is 9.61. The maximum Gasteiger partial charge on any atom is 0.343 e. The van der Waals surface area contributed by atoms with Gasteiger partial charge in [0.2, 0.25) is 5.43 Å². The van der Waals surface area contributed by atoms with Crippen molar-refractivity contribution in [1.29, 1.82) is 0 Å². The molecular formula is C25H28N2O3. The van der Waals surface area contributed by atoms with Crippen molar-refractivity contribution in [2.75, 3.05) is 6.61 Å². The molecule has 0 unspecified atom stereocenters. The minimum Gasteiger partial charge on any atom is -0.462 e. The van der Waals surface area contributed by atoms with Crippen molar-refractivity contribution in [1.82, 2.24) is 9.55 Å². The largest absolute Gasteiger partial charge is 0.462 e. The Bertz CT molecular complexity index is 1130. The van der Waals surface area contributed by atoms with Gasteiger partial charge in [-0.15, -0.1) is 0 Å². The number of pyridine rings is 2. The lowest BCUT2D eigenvalue weighted by atomic mass is 9.82. The number of fused-ring (bicyclic) bond motifs is 1. The number of hydrogen-bond donors (Lipinski definition) is 0. The summed E-state index contributed by atoms with van der Waals surface area (Å²) in [6, 6.07) is 10.5. The van der Waals surface area contributed by atoms with Crippen LogP contribution in [0.15, 0.2) is 47.5 Å². The van der Waals surface area contributed by atoms with Crippen molar-refractivity contribution in [2.24, 2.45) is 0 Å². The normalized spacial score (nSPS) is 14.7. The lowest BCUT2D eigenvalue weighted by Gasteiger charge is -2.25. The van der Waals surface area contributed by atoms with E-state index in [-0.39, 0.29) is 17.6 Å². The smallest absolute Gasteiger partial charge is 0.343 e. The molecule has 0 amide bonds. The average Bonchev–Trinajstić information content (AvgIpc) is 2.76. The van der Waals surface area contributed by atoms with Crippen LogP contribution in [0.1, 0.15) is 72.0 Å². The molecule has 2 aromatic heterocycles. The zero-order valence-corrected chi connectivity index (χ0v) is 17.7. The molecule has 30 heavy (non-hydrogen) atoms. The number of benzene rings is 1. The molecule has 1 saturated carbocycles. The summed E-state index contributed by atoms with van der Waals surface area (Å²) in [5.74, 6) is -0.0222. The summed E-state index contributed by atoms with van der Waals surface area (Å²) in [5.41, 5.74) is 4.29. The highest BCUT2D eigenvalue weighted by Crippen LogP contribution is 2.34. The first-order chi connectivity index (χ1) is 14.6. The van der Waals surface area contributed by atoms with Crippen molar-refractivity contribution in [3.63, 3.8) is 0 Å². The molecule has 0 bridgehead atoms. The Kier molecular flexibility index (Phi) is 5.98. The SMILES string of the molecule is CCOC(=O)c1cn(Cc2ccccc2C2CCCCC2)c2cc(C)cnc2c1=O. The van der Waals surface area contributed by atoms with Gasteiger partial charge >= 0.3 is 5.97 Å². The van der Waals surface area contributed by atoms with E-state index in [2.05, 4.69) is 29.2 Å². The minimum absolute atomic E-state index is 0.0378. The first-order valence-corrected chi connectivity index (χ1v) is 10.8. The van der Waals surface area contributed by atoms with Gasteiger partial charge in [-0.1, -0.05) is 43.5 Å². The summed E-state index contributed by atoms with van der Waals surface area (Å²) >= 11 is 0. The summed E-state index contributed by atoms with van der Waals surface area (Å²) < 4.78 is 7.10. The van der Waals surface area contributed by atoms with E-state index >= 15 is 0 Å². The molecular weight excluding hydrogens is 376 g/mol. The Balaban J connectivity index is 1.83. The fourth-order valence-corrected chi connectivity index (χ4v) is 4.52. The lowest BCUT2D eigenvalue weighted by molar-refractivity contribution is 0.0524. The number of ether oxygens (including phenoxy) is 1. The van der Waals surface area contributed by atoms with Crippen LogP contribution in [0.5, 0.6) is 0 Å². The quantitative estimate of drug-likeness (QED) is 0.563. The molecule has 1 fully saturated rings. The molecule has 4 rings (SSSR count). The fraction of sp³-hybridized carbons (Fsp3) is 0.400. The highest BCUT2D eigenvalue weighted by molar-refractivity contribution is 5.92. The molecule has 5 nitrogen and oxygen atoms in total. The number of rotatable bonds is 5. The second kappa shape index (κ2) is 8.82. The van der Waals surface area contributed by atoms with Gasteiger partial charge in [-0.3, -0.25) is 9.78 Å². The monoisotopic (exact) mass is 404 g/mol. The van der Waals surface area contributed by atoms with Crippen LogP contribution in [-0.2, 0) is 11.3 Å². The van der Waals surface area contributed by atoms with Gasteiger partial charge in [0.25, 0.3) is 0 Å². The van der Waals surface area contributed by atoms with Crippen molar-refractivity contribution >= 4 is 17.0 Å². The Hall–Kier alpha value is -2.95. The van der Waals surface area contributed by atoms with Crippen LogP contribution in [0.4, 0.5) is 0 Å². The lowest BCUT2D eigenvalue weighted by Crippen LogP contribution is -2.22. The van der Waals surface area contributed by atoms with Crippen LogP contribution in [0.25, 0.3) is 11.0 Å². The molecule has 0 N–H and O–H groups in total. The number of nitrogens with zero attached hydrogens (tertiary/aromatic N) is 2. The van der Waals surface area contributed by atoms with Gasteiger partial charge in [0.1, 0.15) is 11.1 Å². The van der Waals surface area contributed by atoms with Crippen LogP contribution in [0, 0.1) is 6.92 Å². The van der Waals surface area contributed by atoms with Crippen LogP contribution in [0.2, 0.25) is 0 Å². The highest BCUT2D eigenvalue weighted by atomic mass is 16.5. The number of aromatic nitrogens is 2. The van der Waals surface area contributed by atoms with Gasteiger partial charge in [-0.05, 0) is 55.4 Å². The van der Waals surface area contributed by atoms with E-state index in [1.165, 1.54) is 43.2 Å². The van der Waals surface area contributed by atoms with Gasteiger partial charge < -0.3 is 9.30 Å². The Morgan fingerprint density at radius 3 is 2.73 bits per heavy atom. The van der Waals surface area contributed by atoms with Crippen molar-refractivity contribution in [3.8, 4) is 0 Å². The Morgan fingerprint density at radius 2 is 1.97 bits per heavy atom. The minimum atomic E-state index is -0.596. The molecule has 2 heterocycles. The standard InChI is InChI=1S/C25H28N2O3/c1-3-30-25(29)21-16-27(22-13-17(2)14-26-23(22)24(21)28)15-19-11-7-8-12-20(19)18-9-5-4-6-10-18/h7-8,11-14,16,18H,3-6,9-10,15H2,1-2H3. The molecule has 0 radical (unpaired) electrons. The molecule has 1 aliphatic carbocycles. The van der Waals surface area contributed by atoms with Crippen molar-refractivity contribution < 1.29 is 9.53 Å². The maximum absolute atomic E-state index is 12.9. The van der Waals surface area contributed by atoms with E-state index in [1.807, 2.05) is 17.6 Å². The topological polar surface area (TPSA) is 61.2 Å². The third kappa shape index (κ3) is 4.02. The Morgan fingerprint density at radius 1 is 1.20 bits per heavy atom. The van der Waals surface area contributed by atoms with Gasteiger partial charge in [0.05, 0.1) is 12.1 Å². The highest BCUT2D eigenvalue weighted by Gasteiger charge is 2.21. The number of esters is 1. The van der Waals surface area contributed by atoms with E-state index in [1.54, 1.807) is 19.3 Å². The molecule has 156 valence electrons. The fourth-order valence-electron chi connectivity index (χ4n) is 4.52. The Labute approximate surface area is 176 Å². The van der Waals surface area contributed by atoms with Gasteiger partial charge in [0, 0.05) is 18.9 Å². The van der Waals surface area contributed by atoms with Crippen LogP contribution >= 0.6 is 0 Å². The first-order valence-electron chi connectivity index (χ1n) is 10.8. The van der Waals surface area contributed by atoms with E-state index in [9.17, 15) is 9.59 Å². The van der Waals surface area contributed by atoms with E-state index in [0.717, 1.165) is 11.1 Å². The number of carbonyl (C=O) groups excluding carboxylic acids is 1. The predicted molar refractivity (Wildman–Crippen MR) is 118 cm³/mol. The molecule has 1 aliphatic rings. The van der Waals surface area contributed by atoms with Gasteiger partial charge in [0.15, 0.2) is 0 Å². The second-order valence-corrected chi connectivity index (χ2v) is 8.13. The predicted octanol–water partition coefficient (Wildman–Crippen LogP) is 4.98. The number of hydrogen-bond acceptors (Lipinski definition) is 4. The average molecular weight is 405 g/mol. The summed E-state index contributed by atoms with van der Waals surface area (Å²) in [6.45, 7) is 4.50. The molecule has 1 aromatic carbocycles. The summed E-state index contributed by atoms with van der Waals surface area (Å²) in [5, 5.41) is 0. The summed E-state index contributed by atoms with van der Waals surface area (Å²) in [7, 11) is 0. The molecule has 0 spiro atoms. The van der Waals surface area contributed by atoms with Gasteiger partial charge in [-0.25, -0.2) is 4.79 Å². The van der Waals surface area contributed by atoms with Crippen LogP contribution in [0.3, 0.4) is 0 Å². The molecule has 0 saturated heterocycles. The van der Waals surface area contributed by atoms with E-state index in [4.69, 9.17) is 4.74 Å². The van der Waals surface area contributed by atoms with E-state index < -0.39 is 5.97 Å². The molecule has 0 atom stereocenters. The zero-order chi connectivity index (χ0) is 21.1. The van der Waals surface area contributed by atoms with E-state index in [0.29, 0.717) is 18.0 Å². The second-order valence-electron chi connectivity index (χ2n) is 8.13. The maximum atomic E-state index is 12.9. The van der Waals surface area contributed by atoms with Crippen molar-refractivity contribution in [3.05, 3.63) is 75.2 Å². The van der Waals surface area contributed by atoms with Gasteiger partial charge in [-0.2, -0.15) is 0 Å². The van der Waals surface area contributed by atoms with Crippen LogP contribution in [-0.4, -0.2) is 22.1 Å².